The van der Waals surface area contributed by atoms with Crippen molar-refractivity contribution in [2.75, 3.05) is 5.75 Å². The number of thiol groups is 1. The van der Waals surface area contributed by atoms with E-state index in [1.165, 1.54) is 12.8 Å². The van der Waals surface area contributed by atoms with E-state index < -0.39 is 5.91 Å². The van der Waals surface area contributed by atoms with Gasteiger partial charge in [-0.2, -0.15) is 12.6 Å². The second-order valence-corrected chi connectivity index (χ2v) is 5.35. The predicted molar refractivity (Wildman–Crippen MR) is 74.0 cm³/mol. The molecule has 5 nitrogen and oxygen atoms in total. The third-order valence-corrected chi connectivity index (χ3v) is 3.51. The first-order valence-corrected chi connectivity index (χ1v) is 7.16. The highest BCUT2D eigenvalue weighted by Gasteiger charge is 2.40. The summed E-state index contributed by atoms with van der Waals surface area (Å²) in [6, 6.07) is 0. The fourth-order valence-electron chi connectivity index (χ4n) is 1.99. The molecule has 0 aromatic heterocycles. The van der Waals surface area contributed by atoms with Gasteiger partial charge in [0, 0.05) is 6.42 Å². The van der Waals surface area contributed by atoms with Gasteiger partial charge < -0.3 is 5.73 Å². The van der Waals surface area contributed by atoms with Gasteiger partial charge in [-0.25, -0.2) is 10.9 Å². The van der Waals surface area contributed by atoms with Crippen molar-refractivity contribution in [2.45, 2.75) is 57.0 Å². The molecule has 0 aromatic carbocycles. The number of nitrogens with one attached hydrogen (secondary N) is 2. The first-order chi connectivity index (χ1) is 8.58. The molecule has 18 heavy (non-hydrogen) atoms. The van der Waals surface area contributed by atoms with Crippen LogP contribution in [-0.2, 0) is 9.59 Å². The lowest BCUT2D eigenvalue weighted by atomic mass is 9.98. The SMILES string of the molecule is NC(=O)CC(=O)CCC1(CCCCCCS)NN1. The van der Waals surface area contributed by atoms with E-state index in [-0.39, 0.29) is 17.9 Å². The lowest BCUT2D eigenvalue weighted by molar-refractivity contribution is -0.126. The highest BCUT2D eigenvalue weighted by atomic mass is 32.1. The highest BCUT2D eigenvalue weighted by Crippen LogP contribution is 2.25. The molecule has 1 heterocycles. The van der Waals surface area contributed by atoms with Gasteiger partial charge in [-0.3, -0.25) is 9.59 Å². The molecule has 104 valence electrons. The van der Waals surface area contributed by atoms with Gasteiger partial charge in [0.25, 0.3) is 0 Å². The molecule has 1 aliphatic heterocycles. The van der Waals surface area contributed by atoms with Crippen molar-refractivity contribution in [1.82, 2.24) is 10.9 Å². The number of carbonyl (C=O) groups is 2. The van der Waals surface area contributed by atoms with E-state index in [4.69, 9.17) is 5.73 Å². The van der Waals surface area contributed by atoms with E-state index in [0.717, 1.165) is 31.4 Å². The van der Waals surface area contributed by atoms with E-state index in [9.17, 15) is 9.59 Å². The Morgan fingerprint density at radius 1 is 1.06 bits per heavy atom. The normalized spacial score (nSPS) is 16.5. The molecule has 0 aromatic rings. The number of hydrazine groups is 1. The summed E-state index contributed by atoms with van der Waals surface area (Å²) < 4.78 is 0. The van der Waals surface area contributed by atoms with Crippen molar-refractivity contribution in [3.05, 3.63) is 0 Å². The Kier molecular flexibility index (Phi) is 6.67. The first kappa shape index (κ1) is 15.5. The minimum absolute atomic E-state index is 0.0751. The summed E-state index contributed by atoms with van der Waals surface area (Å²) in [5.41, 5.74) is 11.1. The maximum Gasteiger partial charge on any atom is 0.224 e. The number of hydrogen-bond donors (Lipinski definition) is 4. The van der Waals surface area contributed by atoms with Gasteiger partial charge in [0.05, 0.1) is 12.1 Å². The van der Waals surface area contributed by atoms with E-state index in [2.05, 4.69) is 23.5 Å². The number of rotatable bonds is 11. The van der Waals surface area contributed by atoms with Crippen molar-refractivity contribution in [3.63, 3.8) is 0 Å². The summed E-state index contributed by atoms with van der Waals surface area (Å²) in [6.45, 7) is 0. The average molecular weight is 273 g/mol. The van der Waals surface area contributed by atoms with Gasteiger partial charge in [0.1, 0.15) is 5.78 Å². The Morgan fingerprint density at radius 2 is 1.72 bits per heavy atom. The zero-order valence-corrected chi connectivity index (χ0v) is 11.6. The second-order valence-electron chi connectivity index (χ2n) is 4.90. The van der Waals surface area contributed by atoms with Gasteiger partial charge in [-0.05, 0) is 25.0 Å². The van der Waals surface area contributed by atoms with Crippen LogP contribution in [0.2, 0.25) is 0 Å². The second kappa shape index (κ2) is 7.76. The van der Waals surface area contributed by atoms with Gasteiger partial charge in [0.15, 0.2) is 0 Å². The van der Waals surface area contributed by atoms with Gasteiger partial charge in [0.2, 0.25) is 5.91 Å². The Labute approximate surface area is 114 Å². The van der Waals surface area contributed by atoms with Crippen molar-refractivity contribution >= 4 is 24.3 Å². The van der Waals surface area contributed by atoms with Crippen molar-refractivity contribution in [3.8, 4) is 0 Å². The molecular weight excluding hydrogens is 250 g/mol. The molecule has 1 rings (SSSR count). The van der Waals surface area contributed by atoms with E-state index in [0.29, 0.717) is 6.42 Å². The highest BCUT2D eigenvalue weighted by molar-refractivity contribution is 7.80. The van der Waals surface area contributed by atoms with Crippen molar-refractivity contribution < 1.29 is 9.59 Å². The van der Waals surface area contributed by atoms with Gasteiger partial charge in [-0.15, -0.1) is 0 Å². The quantitative estimate of drug-likeness (QED) is 0.194. The van der Waals surface area contributed by atoms with E-state index in [1.807, 2.05) is 0 Å². The van der Waals surface area contributed by atoms with Gasteiger partial charge >= 0.3 is 0 Å². The van der Waals surface area contributed by atoms with Crippen LogP contribution in [-0.4, -0.2) is 23.1 Å². The fraction of sp³-hybridized carbons (Fsp3) is 0.833. The summed E-state index contributed by atoms with van der Waals surface area (Å²) in [5, 5.41) is 0. The zero-order chi connectivity index (χ0) is 13.4. The minimum atomic E-state index is -0.544. The molecule has 0 spiro atoms. The summed E-state index contributed by atoms with van der Waals surface area (Å²) in [6.07, 6.45) is 6.71. The molecule has 0 aliphatic carbocycles. The predicted octanol–water partition coefficient (Wildman–Crippen LogP) is 0.895. The van der Waals surface area contributed by atoms with Crippen LogP contribution < -0.4 is 16.6 Å². The van der Waals surface area contributed by atoms with Crippen LogP contribution in [0.4, 0.5) is 0 Å². The topological polar surface area (TPSA) is 104 Å². The number of primary amides is 1. The summed E-state index contributed by atoms with van der Waals surface area (Å²) in [4.78, 5) is 22.0. The smallest absolute Gasteiger partial charge is 0.224 e. The molecule has 1 fully saturated rings. The average Bonchev–Trinajstić information content (AvgIpc) is 3.06. The van der Waals surface area contributed by atoms with Crippen molar-refractivity contribution in [1.29, 1.82) is 0 Å². The fourth-order valence-corrected chi connectivity index (χ4v) is 2.21. The molecule has 1 aliphatic rings. The molecule has 0 radical (unpaired) electrons. The zero-order valence-electron chi connectivity index (χ0n) is 10.7. The number of amides is 1. The summed E-state index contributed by atoms with van der Waals surface area (Å²) >= 11 is 4.18. The van der Waals surface area contributed by atoms with Crippen LogP contribution in [0.3, 0.4) is 0 Å². The first-order valence-electron chi connectivity index (χ1n) is 6.53. The summed E-state index contributed by atoms with van der Waals surface area (Å²) in [5.74, 6) is 0.327. The van der Waals surface area contributed by atoms with Crippen LogP contribution in [0.25, 0.3) is 0 Å². The van der Waals surface area contributed by atoms with Crippen LogP contribution in [0.15, 0.2) is 0 Å². The Morgan fingerprint density at radius 3 is 2.28 bits per heavy atom. The maximum absolute atomic E-state index is 11.4. The van der Waals surface area contributed by atoms with E-state index in [1.54, 1.807) is 0 Å². The van der Waals surface area contributed by atoms with Gasteiger partial charge in [-0.1, -0.05) is 19.3 Å². The minimum Gasteiger partial charge on any atom is -0.369 e. The molecule has 0 atom stereocenters. The maximum atomic E-state index is 11.4. The van der Waals surface area contributed by atoms with Crippen molar-refractivity contribution in [2.24, 2.45) is 5.73 Å². The largest absolute Gasteiger partial charge is 0.369 e. The Balaban J connectivity index is 2.09. The monoisotopic (exact) mass is 273 g/mol. The van der Waals surface area contributed by atoms with Crippen LogP contribution in [0.5, 0.6) is 0 Å². The third kappa shape index (κ3) is 6.37. The molecule has 1 amide bonds. The molecule has 1 saturated heterocycles. The number of ketones is 1. The molecule has 0 unspecified atom stereocenters. The number of hydrogen-bond acceptors (Lipinski definition) is 5. The number of nitrogens with two attached hydrogens (primary N) is 1. The van der Waals surface area contributed by atoms with Crippen LogP contribution in [0, 0.1) is 0 Å². The standard InChI is InChI=1S/C12H23N3O2S/c13-11(17)9-10(16)5-7-12(14-15-12)6-3-1-2-4-8-18/h14-15,18H,1-9H2,(H2,13,17). The number of Topliss-reactive ketones (excluding diaryl/α,β-unsaturated/α-hetero) is 1. The molecule has 0 saturated carbocycles. The number of unbranched alkanes of at least 4 members (excludes halogenated alkanes) is 3. The molecule has 4 N–H and O–H groups in total. The number of carbonyl (C=O) groups excluding carboxylic acids is 2. The van der Waals surface area contributed by atoms with Crippen LogP contribution in [0.1, 0.15) is 51.4 Å². The van der Waals surface area contributed by atoms with E-state index >= 15 is 0 Å². The van der Waals surface area contributed by atoms with Crippen LogP contribution >= 0.6 is 12.6 Å². The lowest BCUT2D eigenvalue weighted by Gasteiger charge is -2.10. The third-order valence-electron chi connectivity index (χ3n) is 3.19. The Hall–Kier alpha value is -0.590. The molecular formula is C12H23N3O2S. The molecule has 6 heteroatoms. The Bertz CT molecular complexity index is 293. The lowest BCUT2D eigenvalue weighted by Crippen LogP contribution is -2.21. The summed E-state index contributed by atoms with van der Waals surface area (Å²) in [7, 11) is 0. The molecule has 0 bridgehead atoms.